The third kappa shape index (κ3) is 3.65. The molecule has 0 bridgehead atoms. The second-order valence-electron chi connectivity index (χ2n) is 8.53. The summed E-state index contributed by atoms with van der Waals surface area (Å²) in [4.78, 5) is 10.9. The standard InChI is InChI=1S/C22H26O5/c1-21(2)9-10-22(3,4)18-16(21)11-15(12-17(18)23)27-20(26)14-7-5-13(6-8-14)19(24)25/h5-8,11-12,20,23,26H,9-10H2,1-4H3,(H,24,25). The summed E-state index contributed by atoms with van der Waals surface area (Å²) in [7, 11) is 0. The minimum absolute atomic E-state index is 0.101. The number of phenolic OH excluding ortho intramolecular Hbond substituents is 1. The second-order valence-corrected chi connectivity index (χ2v) is 8.53. The van der Waals surface area contributed by atoms with Gasteiger partial charge in [0.1, 0.15) is 11.5 Å². The molecular weight excluding hydrogens is 344 g/mol. The predicted molar refractivity (Wildman–Crippen MR) is 102 cm³/mol. The van der Waals surface area contributed by atoms with E-state index in [-0.39, 0.29) is 22.1 Å². The number of ether oxygens (including phenoxy) is 1. The van der Waals surface area contributed by atoms with Crippen LogP contribution in [0.25, 0.3) is 0 Å². The largest absolute Gasteiger partial charge is 0.507 e. The molecule has 3 rings (SSSR count). The lowest BCUT2D eigenvalue weighted by Crippen LogP contribution is -2.33. The first-order valence-corrected chi connectivity index (χ1v) is 9.07. The molecule has 1 aliphatic rings. The first kappa shape index (κ1) is 19.2. The van der Waals surface area contributed by atoms with Crippen LogP contribution in [0.2, 0.25) is 0 Å². The number of aromatic carboxylic acids is 1. The SMILES string of the molecule is CC1(C)CCC(C)(C)c2c(O)cc(OC(O)c3ccc(C(=O)O)cc3)cc21. The number of benzene rings is 2. The number of carboxylic acid groups (broad SMARTS) is 1. The molecule has 0 spiro atoms. The number of fused-ring (bicyclic) bond motifs is 1. The molecular formula is C22H26O5. The summed E-state index contributed by atoms with van der Waals surface area (Å²) < 4.78 is 5.66. The maximum absolute atomic E-state index is 10.9. The third-order valence-corrected chi connectivity index (χ3v) is 5.56. The van der Waals surface area contributed by atoms with Gasteiger partial charge in [0.15, 0.2) is 0 Å². The van der Waals surface area contributed by atoms with Gasteiger partial charge in [-0.15, -0.1) is 0 Å². The van der Waals surface area contributed by atoms with E-state index < -0.39 is 12.3 Å². The summed E-state index contributed by atoms with van der Waals surface area (Å²) >= 11 is 0. The fraction of sp³-hybridized carbons (Fsp3) is 0.409. The summed E-state index contributed by atoms with van der Waals surface area (Å²) in [6.07, 6.45) is 0.721. The van der Waals surface area contributed by atoms with Crippen LogP contribution >= 0.6 is 0 Å². The van der Waals surface area contributed by atoms with Crippen molar-refractivity contribution in [3.05, 3.63) is 58.7 Å². The van der Waals surface area contributed by atoms with E-state index in [1.807, 2.05) is 6.07 Å². The smallest absolute Gasteiger partial charge is 0.335 e. The molecule has 0 heterocycles. The number of aliphatic hydroxyl groups is 1. The van der Waals surface area contributed by atoms with Crippen molar-refractivity contribution in [3.63, 3.8) is 0 Å². The van der Waals surface area contributed by atoms with Crippen molar-refractivity contribution < 1.29 is 24.9 Å². The fourth-order valence-electron chi connectivity index (χ4n) is 3.79. The van der Waals surface area contributed by atoms with Crippen molar-refractivity contribution in [3.8, 4) is 11.5 Å². The van der Waals surface area contributed by atoms with Crippen LogP contribution in [0.15, 0.2) is 36.4 Å². The van der Waals surface area contributed by atoms with Crippen molar-refractivity contribution in [2.75, 3.05) is 0 Å². The Hall–Kier alpha value is -2.53. The van der Waals surface area contributed by atoms with Crippen molar-refractivity contribution >= 4 is 5.97 Å². The summed E-state index contributed by atoms with van der Waals surface area (Å²) in [5.41, 5.74) is 2.32. The third-order valence-electron chi connectivity index (χ3n) is 5.56. The van der Waals surface area contributed by atoms with E-state index in [1.165, 1.54) is 30.3 Å². The minimum Gasteiger partial charge on any atom is -0.507 e. The Bertz CT molecular complexity index is 865. The Kier molecular flexibility index (Phi) is 4.68. The van der Waals surface area contributed by atoms with Gasteiger partial charge in [-0.1, -0.05) is 39.8 Å². The van der Waals surface area contributed by atoms with Gasteiger partial charge < -0.3 is 20.1 Å². The number of carbonyl (C=O) groups is 1. The molecule has 2 aromatic carbocycles. The molecule has 0 amide bonds. The molecule has 3 N–H and O–H groups in total. The van der Waals surface area contributed by atoms with Gasteiger partial charge in [0, 0.05) is 17.2 Å². The molecule has 1 unspecified atom stereocenters. The molecule has 0 fully saturated rings. The summed E-state index contributed by atoms with van der Waals surface area (Å²) in [6.45, 7) is 8.54. The number of hydrogen-bond acceptors (Lipinski definition) is 4. The van der Waals surface area contributed by atoms with Gasteiger partial charge in [0.25, 0.3) is 0 Å². The van der Waals surface area contributed by atoms with Crippen molar-refractivity contribution in [1.82, 2.24) is 0 Å². The number of rotatable bonds is 4. The minimum atomic E-state index is -1.26. The molecule has 1 aliphatic carbocycles. The molecule has 1 atom stereocenters. The second kappa shape index (κ2) is 6.57. The Morgan fingerprint density at radius 2 is 1.63 bits per heavy atom. The molecule has 0 saturated carbocycles. The van der Waals surface area contributed by atoms with Gasteiger partial charge in [-0.3, -0.25) is 0 Å². The van der Waals surface area contributed by atoms with Gasteiger partial charge >= 0.3 is 5.97 Å². The zero-order valence-corrected chi connectivity index (χ0v) is 16.1. The zero-order chi connectivity index (χ0) is 20.0. The Labute approximate surface area is 159 Å². The molecule has 5 nitrogen and oxygen atoms in total. The Morgan fingerprint density at radius 3 is 2.22 bits per heavy atom. The fourth-order valence-corrected chi connectivity index (χ4v) is 3.79. The topological polar surface area (TPSA) is 87.0 Å². The average molecular weight is 370 g/mol. The van der Waals surface area contributed by atoms with E-state index in [9.17, 15) is 15.0 Å². The molecule has 27 heavy (non-hydrogen) atoms. The lowest BCUT2D eigenvalue weighted by atomic mass is 9.63. The average Bonchev–Trinajstić information content (AvgIpc) is 2.58. The first-order valence-electron chi connectivity index (χ1n) is 9.07. The van der Waals surface area contributed by atoms with Crippen LogP contribution in [-0.2, 0) is 10.8 Å². The van der Waals surface area contributed by atoms with Crippen molar-refractivity contribution in [1.29, 1.82) is 0 Å². The van der Waals surface area contributed by atoms with Gasteiger partial charge in [-0.05, 0) is 47.4 Å². The molecule has 0 saturated heterocycles. The Morgan fingerprint density at radius 1 is 1.04 bits per heavy atom. The normalized spacial score (nSPS) is 18.4. The van der Waals surface area contributed by atoms with E-state index in [2.05, 4.69) is 27.7 Å². The van der Waals surface area contributed by atoms with E-state index in [0.29, 0.717) is 11.3 Å². The number of aliphatic hydroxyl groups excluding tert-OH is 1. The van der Waals surface area contributed by atoms with Gasteiger partial charge in [-0.25, -0.2) is 4.79 Å². The highest BCUT2D eigenvalue weighted by Gasteiger charge is 2.39. The van der Waals surface area contributed by atoms with Crippen molar-refractivity contribution in [2.45, 2.75) is 57.7 Å². The summed E-state index contributed by atoms with van der Waals surface area (Å²) in [5.74, 6) is -0.470. The van der Waals surface area contributed by atoms with E-state index in [1.54, 1.807) is 0 Å². The van der Waals surface area contributed by atoms with Crippen LogP contribution in [0.5, 0.6) is 11.5 Å². The van der Waals surface area contributed by atoms with Crippen LogP contribution in [0.1, 0.15) is 73.9 Å². The lowest BCUT2D eigenvalue weighted by Gasteiger charge is -2.42. The van der Waals surface area contributed by atoms with Crippen LogP contribution in [0.4, 0.5) is 0 Å². The van der Waals surface area contributed by atoms with E-state index in [0.717, 1.165) is 24.0 Å². The number of hydrogen-bond donors (Lipinski definition) is 3. The number of aromatic hydroxyl groups is 1. The van der Waals surface area contributed by atoms with Gasteiger partial charge in [0.2, 0.25) is 6.29 Å². The maximum atomic E-state index is 10.9. The quantitative estimate of drug-likeness (QED) is 0.689. The highest BCUT2D eigenvalue weighted by atomic mass is 16.6. The van der Waals surface area contributed by atoms with Crippen LogP contribution in [0.3, 0.4) is 0 Å². The lowest BCUT2D eigenvalue weighted by molar-refractivity contribution is -0.0197. The molecule has 0 aromatic heterocycles. The van der Waals surface area contributed by atoms with Gasteiger partial charge in [-0.2, -0.15) is 0 Å². The van der Waals surface area contributed by atoms with Crippen LogP contribution < -0.4 is 4.74 Å². The highest BCUT2D eigenvalue weighted by molar-refractivity contribution is 5.87. The molecule has 0 radical (unpaired) electrons. The number of carboxylic acids is 1. The zero-order valence-electron chi connectivity index (χ0n) is 16.1. The monoisotopic (exact) mass is 370 g/mol. The first-order chi connectivity index (χ1) is 12.5. The van der Waals surface area contributed by atoms with E-state index >= 15 is 0 Å². The van der Waals surface area contributed by atoms with Gasteiger partial charge in [0.05, 0.1) is 5.56 Å². The molecule has 5 heteroatoms. The Balaban J connectivity index is 1.92. The predicted octanol–water partition coefficient (Wildman–Crippen LogP) is 4.51. The summed E-state index contributed by atoms with van der Waals surface area (Å²) in [5, 5.41) is 30.0. The van der Waals surface area contributed by atoms with Crippen LogP contribution in [-0.4, -0.2) is 21.3 Å². The number of phenols is 1. The van der Waals surface area contributed by atoms with E-state index in [4.69, 9.17) is 9.84 Å². The maximum Gasteiger partial charge on any atom is 0.335 e. The van der Waals surface area contributed by atoms with Crippen molar-refractivity contribution in [2.24, 2.45) is 0 Å². The van der Waals surface area contributed by atoms with Crippen LogP contribution in [0, 0.1) is 0 Å². The molecule has 0 aliphatic heterocycles. The molecule has 144 valence electrons. The molecule has 2 aromatic rings. The highest BCUT2D eigenvalue weighted by Crippen LogP contribution is 2.50. The summed E-state index contributed by atoms with van der Waals surface area (Å²) in [6, 6.07) is 9.29.